The van der Waals surface area contributed by atoms with Crippen molar-refractivity contribution in [3.8, 4) is 0 Å². The molecule has 0 bridgehead atoms. The number of aromatic nitrogens is 2. The van der Waals surface area contributed by atoms with E-state index in [1.54, 1.807) is 12.4 Å². The largest absolute Gasteiger partial charge is 0.264 e. The van der Waals surface area contributed by atoms with Crippen molar-refractivity contribution in [3.05, 3.63) is 49.1 Å². The van der Waals surface area contributed by atoms with Crippen molar-refractivity contribution >= 4 is 21.5 Å². The average molecular weight is 179 g/mol. The molecule has 2 nitrogen and oxygen atoms in total. The van der Waals surface area contributed by atoms with Gasteiger partial charge in [-0.3, -0.25) is 9.97 Å². The van der Waals surface area contributed by atoms with E-state index in [9.17, 15) is 0 Å². The predicted molar refractivity (Wildman–Crippen MR) is 55.9 cm³/mol. The lowest BCUT2D eigenvalue weighted by Gasteiger charge is -1.99. The number of fused-ring (bicyclic) bond motifs is 2. The zero-order valence-corrected chi connectivity index (χ0v) is 7.44. The van der Waals surface area contributed by atoms with Gasteiger partial charge in [0.2, 0.25) is 0 Å². The van der Waals surface area contributed by atoms with E-state index in [-0.39, 0.29) is 0 Å². The Hall–Kier alpha value is -1.96. The van der Waals surface area contributed by atoms with Gasteiger partial charge in [0.1, 0.15) is 0 Å². The molecule has 14 heavy (non-hydrogen) atoms. The Kier molecular flexibility index (Phi) is 1.47. The monoisotopic (exact) mass is 179 g/mol. The van der Waals surface area contributed by atoms with E-state index in [4.69, 9.17) is 0 Å². The molecular weight excluding hydrogens is 172 g/mol. The number of rotatable bonds is 0. The summed E-state index contributed by atoms with van der Waals surface area (Å²) in [6.07, 6.45) is 8.39. The van der Waals surface area contributed by atoms with Gasteiger partial charge in [-0.1, -0.05) is 0 Å². The van der Waals surface area contributed by atoms with Crippen LogP contribution in [0.1, 0.15) is 0 Å². The second kappa shape index (κ2) is 2.77. The fraction of sp³-hybridized carbons (Fsp3) is 0. The highest BCUT2D eigenvalue weighted by Crippen LogP contribution is 2.20. The van der Waals surface area contributed by atoms with E-state index in [1.165, 1.54) is 5.39 Å². The SMILES string of the molecule is [c]1nccc2cc3cnccc3cc12. The third kappa shape index (κ3) is 1.04. The van der Waals surface area contributed by atoms with Crippen LogP contribution in [0.3, 0.4) is 0 Å². The van der Waals surface area contributed by atoms with E-state index in [2.05, 4.69) is 28.3 Å². The van der Waals surface area contributed by atoms with Crippen LogP contribution in [0.2, 0.25) is 0 Å². The first-order valence-electron chi connectivity index (χ1n) is 4.44. The summed E-state index contributed by atoms with van der Waals surface area (Å²) in [5.41, 5.74) is 0. The lowest BCUT2D eigenvalue weighted by atomic mass is 10.1. The highest BCUT2D eigenvalue weighted by Gasteiger charge is 1.96. The van der Waals surface area contributed by atoms with Crippen LogP contribution in [0.4, 0.5) is 0 Å². The van der Waals surface area contributed by atoms with Crippen molar-refractivity contribution < 1.29 is 0 Å². The van der Waals surface area contributed by atoms with Gasteiger partial charge in [-0.25, -0.2) is 0 Å². The van der Waals surface area contributed by atoms with Gasteiger partial charge in [0, 0.05) is 29.4 Å². The topological polar surface area (TPSA) is 25.8 Å². The maximum atomic E-state index is 4.09. The minimum Gasteiger partial charge on any atom is -0.264 e. The van der Waals surface area contributed by atoms with Gasteiger partial charge in [-0.2, -0.15) is 0 Å². The highest BCUT2D eigenvalue weighted by atomic mass is 14.6. The Labute approximate surface area is 81.2 Å². The molecule has 0 saturated heterocycles. The molecule has 0 aliphatic carbocycles. The fourth-order valence-corrected chi connectivity index (χ4v) is 1.61. The summed E-state index contributed by atoms with van der Waals surface area (Å²) in [7, 11) is 0. The molecule has 0 N–H and O–H groups in total. The van der Waals surface area contributed by atoms with Crippen molar-refractivity contribution in [2.45, 2.75) is 0 Å². The van der Waals surface area contributed by atoms with Crippen LogP contribution in [0.15, 0.2) is 42.9 Å². The Morgan fingerprint density at radius 2 is 1.86 bits per heavy atom. The number of hydrogen-bond acceptors (Lipinski definition) is 2. The average Bonchev–Trinajstić information content (AvgIpc) is 2.26. The molecule has 0 fully saturated rings. The second-order valence-electron chi connectivity index (χ2n) is 3.22. The zero-order chi connectivity index (χ0) is 9.38. The van der Waals surface area contributed by atoms with E-state index < -0.39 is 0 Å². The first-order valence-corrected chi connectivity index (χ1v) is 4.44. The summed E-state index contributed by atoms with van der Waals surface area (Å²) in [6, 6.07) is 8.17. The number of benzene rings is 1. The molecule has 2 heterocycles. The van der Waals surface area contributed by atoms with Crippen molar-refractivity contribution in [2.75, 3.05) is 0 Å². The molecule has 0 aliphatic heterocycles. The molecule has 1 radical (unpaired) electrons. The number of pyridine rings is 2. The van der Waals surface area contributed by atoms with Crippen LogP contribution < -0.4 is 0 Å². The Morgan fingerprint density at radius 3 is 2.86 bits per heavy atom. The maximum Gasteiger partial charge on any atom is 0.0970 e. The lowest BCUT2D eigenvalue weighted by Crippen LogP contribution is -1.79. The molecule has 0 saturated carbocycles. The van der Waals surface area contributed by atoms with E-state index in [1.807, 2.05) is 18.3 Å². The van der Waals surface area contributed by atoms with E-state index >= 15 is 0 Å². The Bertz CT molecular complexity index is 497. The highest BCUT2D eigenvalue weighted by molar-refractivity contribution is 5.96. The summed E-state index contributed by atoms with van der Waals surface area (Å²) in [5, 5.41) is 4.53. The molecular formula is C12H7N2. The summed E-state index contributed by atoms with van der Waals surface area (Å²) in [5.74, 6) is 0. The Morgan fingerprint density at radius 1 is 0.929 bits per heavy atom. The second-order valence-corrected chi connectivity index (χ2v) is 3.22. The molecule has 0 spiro atoms. The van der Waals surface area contributed by atoms with E-state index in [0.717, 1.165) is 16.2 Å². The van der Waals surface area contributed by atoms with Crippen molar-refractivity contribution in [1.29, 1.82) is 0 Å². The fourth-order valence-electron chi connectivity index (χ4n) is 1.61. The number of hydrogen-bond donors (Lipinski definition) is 0. The summed E-state index contributed by atoms with van der Waals surface area (Å²) in [6.45, 7) is 0. The molecule has 0 aliphatic rings. The first-order chi connectivity index (χ1) is 6.93. The predicted octanol–water partition coefficient (Wildman–Crippen LogP) is 2.58. The van der Waals surface area contributed by atoms with Gasteiger partial charge in [0.05, 0.1) is 6.20 Å². The number of nitrogens with zero attached hydrogens (tertiary/aromatic N) is 2. The van der Waals surface area contributed by atoms with Crippen molar-refractivity contribution in [3.63, 3.8) is 0 Å². The van der Waals surface area contributed by atoms with E-state index in [0.29, 0.717) is 0 Å². The molecule has 0 unspecified atom stereocenters. The Balaban J connectivity index is 2.52. The van der Waals surface area contributed by atoms with Crippen LogP contribution in [0, 0.1) is 6.20 Å². The lowest BCUT2D eigenvalue weighted by molar-refractivity contribution is 1.34. The van der Waals surface area contributed by atoms with Crippen LogP contribution in [0.5, 0.6) is 0 Å². The molecule has 1 aromatic carbocycles. The van der Waals surface area contributed by atoms with Crippen molar-refractivity contribution in [2.24, 2.45) is 0 Å². The van der Waals surface area contributed by atoms with Crippen LogP contribution in [-0.2, 0) is 0 Å². The molecule has 2 aromatic heterocycles. The molecule has 3 aromatic rings. The quantitative estimate of drug-likeness (QED) is 0.496. The smallest absolute Gasteiger partial charge is 0.0970 e. The minimum atomic E-state index is 1.05. The minimum absolute atomic E-state index is 1.05. The van der Waals surface area contributed by atoms with Crippen LogP contribution in [0.25, 0.3) is 21.5 Å². The van der Waals surface area contributed by atoms with Crippen LogP contribution >= 0.6 is 0 Å². The molecule has 65 valence electrons. The molecule has 0 amide bonds. The molecule has 2 heteroatoms. The van der Waals surface area contributed by atoms with Gasteiger partial charge in [-0.05, 0) is 35.0 Å². The normalized spacial score (nSPS) is 10.9. The van der Waals surface area contributed by atoms with Gasteiger partial charge >= 0.3 is 0 Å². The standard InChI is InChI=1S/C12H7N2/c1-3-13-7-11-6-10-2-4-14-8-12(10)5-9(1)11/h1-7H. The van der Waals surface area contributed by atoms with Gasteiger partial charge < -0.3 is 0 Å². The zero-order valence-electron chi connectivity index (χ0n) is 7.44. The van der Waals surface area contributed by atoms with Crippen molar-refractivity contribution in [1.82, 2.24) is 9.97 Å². The molecule has 3 rings (SSSR count). The third-order valence-electron chi connectivity index (χ3n) is 2.32. The first kappa shape index (κ1) is 7.44. The maximum absolute atomic E-state index is 4.09. The van der Waals surface area contributed by atoms with Gasteiger partial charge in [0.25, 0.3) is 0 Å². The van der Waals surface area contributed by atoms with Gasteiger partial charge in [0.15, 0.2) is 0 Å². The molecule has 0 atom stereocenters. The summed E-state index contributed by atoms with van der Waals surface area (Å²) < 4.78 is 0. The van der Waals surface area contributed by atoms with Crippen LogP contribution in [-0.4, -0.2) is 9.97 Å². The summed E-state index contributed by atoms with van der Waals surface area (Å²) >= 11 is 0. The third-order valence-corrected chi connectivity index (χ3v) is 2.32. The summed E-state index contributed by atoms with van der Waals surface area (Å²) in [4.78, 5) is 8.07. The van der Waals surface area contributed by atoms with Gasteiger partial charge in [-0.15, -0.1) is 0 Å².